The molecule has 0 aromatic heterocycles. The highest BCUT2D eigenvalue weighted by molar-refractivity contribution is 5.87. The zero-order valence-corrected chi connectivity index (χ0v) is 10.5. The first-order valence-electron chi connectivity index (χ1n) is 6.40. The Hall–Kier alpha value is -1.61. The molecule has 1 unspecified atom stereocenters. The highest BCUT2D eigenvalue weighted by Crippen LogP contribution is 2.30. The topological polar surface area (TPSA) is 40.5 Å². The summed E-state index contributed by atoms with van der Waals surface area (Å²) >= 11 is 0. The Morgan fingerprint density at radius 1 is 1.39 bits per heavy atom. The Kier molecular flexibility index (Phi) is 4.15. The summed E-state index contributed by atoms with van der Waals surface area (Å²) in [4.78, 5) is 13.2. The van der Waals surface area contributed by atoms with Crippen molar-refractivity contribution < 1.29 is 9.90 Å². The monoisotopic (exact) mass is 245 g/mol. The predicted molar refractivity (Wildman–Crippen MR) is 71.8 cm³/mol. The molecule has 1 aromatic rings. The van der Waals surface area contributed by atoms with Crippen molar-refractivity contribution in [3.63, 3.8) is 0 Å². The van der Waals surface area contributed by atoms with Gasteiger partial charge in [-0.25, -0.2) is 4.79 Å². The summed E-state index contributed by atoms with van der Waals surface area (Å²) in [6.45, 7) is 5.79. The molecule has 18 heavy (non-hydrogen) atoms. The van der Waals surface area contributed by atoms with E-state index in [2.05, 4.69) is 11.5 Å². The fraction of sp³-hybridized carbons (Fsp3) is 0.400. The molecular formula is C15H19NO2. The van der Waals surface area contributed by atoms with Crippen LogP contribution in [0, 0.1) is 0 Å². The van der Waals surface area contributed by atoms with Crippen LogP contribution in [-0.4, -0.2) is 29.1 Å². The van der Waals surface area contributed by atoms with E-state index in [4.69, 9.17) is 5.11 Å². The van der Waals surface area contributed by atoms with E-state index >= 15 is 0 Å². The maximum atomic E-state index is 10.8. The molecule has 1 aliphatic rings. The molecule has 96 valence electrons. The van der Waals surface area contributed by atoms with Gasteiger partial charge in [-0.2, -0.15) is 0 Å². The molecule has 1 N–H and O–H groups in total. The lowest BCUT2D eigenvalue weighted by Gasteiger charge is -2.35. The first-order chi connectivity index (χ1) is 8.72. The van der Waals surface area contributed by atoms with Crippen molar-refractivity contribution >= 4 is 5.97 Å². The summed E-state index contributed by atoms with van der Waals surface area (Å²) in [6.07, 6.45) is 5.54. The van der Waals surface area contributed by atoms with Crippen molar-refractivity contribution in [3.05, 3.63) is 48.0 Å². The Bertz CT molecular complexity index is 425. The van der Waals surface area contributed by atoms with Crippen LogP contribution in [0.1, 0.15) is 41.2 Å². The average molecular weight is 245 g/mol. The lowest BCUT2D eigenvalue weighted by molar-refractivity contribution is 0.0697. The number of carboxylic acid groups (broad SMARTS) is 1. The third-order valence-corrected chi connectivity index (χ3v) is 3.52. The fourth-order valence-electron chi connectivity index (χ4n) is 2.60. The Morgan fingerprint density at radius 3 is 2.72 bits per heavy atom. The third-order valence-electron chi connectivity index (χ3n) is 3.52. The molecule has 1 fully saturated rings. The molecule has 0 bridgehead atoms. The van der Waals surface area contributed by atoms with E-state index in [1.807, 2.05) is 18.2 Å². The third kappa shape index (κ3) is 2.79. The van der Waals surface area contributed by atoms with Crippen LogP contribution in [0.15, 0.2) is 36.9 Å². The number of benzene rings is 1. The predicted octanol–water partition coefficient (Wildman–Crippen LogP) is 3.10. The minimum atomic E-state index is -0.867. The fourth-order valence-corrected chi connectivity index (χ4v) is 2.60. The minimum absolute atomic E-state index is 0.352. The van der Waals surface area contributed by atoms with Crippen LogP contribution in [0.4, 0.5) is 0 Å². The van der Waals surface area contributed by atoms with Crippen molar-refractivity contribution in [2.45, 2.75) is 25.3 Å². The molecule has 1 aliphatic heterocycles. The van der Waals surface area contributed by atoms with E-state index in [1.165, 1.54) is 18.4 Å². The number of likely N-dealkylation sites (tertiary alicyclic amines) is 1. The second-order valence-corrected chi connectivity index (χ2v) is 4.72. The lowest BCUT2D eigenvalue weighted by atomic mass is 9.94. The Balaban J connectivity index is 2.17. The average Bonchev–Trinajstić information content (AvgIpc) is 2.40. The molecule has 0 saturated carbocycles. The molecule has 0 aliphatic carbocycles. The highest BCUT2D eigenvalue weighted by Gasteiger charge is 2.22. The van der Waals surface area contributed by atoms with Gasteiger partial charge < -0.3 is 5.11 Å². The second kappa shape index (κ2) is 5.83. The first-order valence-corrected chi connectivity index (χ1v) is 6.40. The first kappa shape index (κ1) is 12.8. The summed E-state index contributed by atoms with van der Waals surface area (Å²) in [5.41, 5.74) is 1.56. The number of carbonyl (C=O) groups is 1. The van der Waals surface area contributed by atoms with E-state index in [0.29, 0.717) is 11.6 Å². The second-order valence-electron chi connectivity index (χ2n) is 4.72. The van der Waals surface area contributed by atoms with Crippen molar-refractivity contribution in [1.29, 1.82) is 0 Å². The van der Waals surface area contributed by atoms with Crippen molar-refractivity contribution in [2.75, 3.05) is 13.1 Å². The van der Waals surface area contributed by atoms with Crippen LogP contribution in [0.2, 0.25) is 0 Å². The molecule has 1 heterocycles. The molecule has 0 amide bonds. The lowest BCUT2D eigenvalue weighted by Crippen LogP contribution is -2.33. The van der Waals surface area contributed by atoms with Gasteiger partial charge in [-0.1, -0.05) is 24.6 Å². The van der Waals surface area contributed by atoms with Gasteiger partial charge in [0, 0.05) is 12.6 Å². The van der Waals surface area contributed by atoms with Crippen LogP contribution in [0.3, 0.4) is 0 Å². The summed E-state index contributed by atoms with van der Waals surface area (Å²) in [7, 11) is 0. The van der Waals surface area contributed by atoms with Crippen molar-refractivity contribution in [2.24, 2.45) is 0 Å². The number of rotatable bonds is 4. The molecule has 0 radical (unpaired) electrons. The van der Waals surface area contributed by atoms with Gasteiger partial charge in [-0.15, -0.1) is 6.58 Å². The number of nitrogens with zero attached hydrogens (tertiary/aromatic N) is 1. The van der Waals surface area contributed by atoms with Gasteiger partial charge in [0.1, 0.15) is 0 Å². The number of hydrogen-bond donors (Lipinski definition) is 1. The van der Waals surface area contributed by atoms with Crippen LogP contribution in [-0.2, 0) is 0 Å². The molecule has 0 spiro atoms. The Morgan fingerprint density at radius 2 is 2.11 bits per heavy atom. The van der Waals surface area contributed by atoms with Crippen molar-refractivity contribution in [1.82, 2.24) is 4.90 Å². The zero-order chi connectivity index (χ0) is 13.0. The van der Waals surface area contributed by atoms with E-state index in [1.54, 1.807) is 12.1 Å². The van der Waals surface area contributed by atoms with Gasteiger partial charge in [-0.05, 0) is 37.1 Å². The van der Waals surface area contributed by atoms with Gasteiger partial charge in [-0.3, -0.25) is 4.90 Å². The molecule has 3 heteroatoms. The summed E-state index contributed by atoms with van der Waals surface area (Å²) < 4.78 is 0. The van der Waals surface area contributed by atoms with E-state index in [-0.39, 0.29) is 0 Å². The molecule has 1 atom stereocenters. The van der Waals surface area contributed by atoms with Gasteiger partial charge in [0.25, 0.3) is 0 Å². The van der Waals surface area contributed by atoms with Crippen LogP contribution >= 0.6 is 0 Å². The molecular weight excluding hydrogens is 226 g/mol. The number of carboxylic acids is 1. The summed E-state index contributed by atoms with van der Waals surface area (Å²) in [6, 6.07) is 7.67. The summed E-state index contributed by atoms with van der Waals surface area (Å²) in [5.74, 6) is -0.867. The van der Waals surface area contributed by atoms with E-state index in [9.17, 15) is 4.79 Å². The van der Waals surface area contributed by atoms with Crippen molar-refractivity contribution in [3.8, 4) is 0 Å². The van der Waals surface area contributed by atoms with Gasteiger partial charge in [0.2, 0.25) is 0 Å². The largest absolute Gasteiger partial charge is 0.478 e. The minimum Gasteiger partial charge on any atom is -0.478 e. The van der Waals surface area contributed by atoms with E-state index < -0.39 is 5.97 Å². The van der Waals surface area contributed by atoms with Gasteiger partial charge in [0.15, 0.2) is 0 Å². The maximum absolute atomic E-state index is 10.8. The number of hydrogen-bond acceptors (Lipinski definition) is 2. The normalized spacial score (nSPS) is 20.6. The van der Waals surface area contributed by atoms with Crippen LogP contribution in [0.25, 0.3) is 0 Å². The molecule has 1 saturated heterocycles. The quantitative estimate of drug-likeness (QED) is 0.829. The maximum Gasteiger partial charge on any atom is 0.335 e. The zero-order valence-electron chi connectivity index (χ0n) is 10.5. The SMILES string of the molecule is C=CCN1CCCCC1c1ccc(C(=O)O)cc1. The Labute approximate surface area is 108 Å². The van der Waals surface area contributed by atoms with Gasteiger partial charge in [0.05, 0.1) is 5.56 Å². The standard InChI is InChI=1S/C15H19NO2/c1-2-10-16-11-4-3-5-14(16)12-6-8-13(9-7-12)15(17)18/h2,6-9,14H,1,3-5,10-11H2,(H,17,18). The number of aromatic carboxylic acids is 1. The molecule has 3 nitrogen and oxygen atoms in total. The summed E-state index contributed by atoms with van der Waals surface area (Å²) in [5, 5.41) is 8.90. The highest BCUT2D eigenvalue weighted by atomic mass is 16.4. The van der Waals surface area contributed by atoms with Gasteiger partial charge >= 0.3 is 5.97 Å². The van der Waals surface area contributed by atoms with E-state index in [0.717, 1.165) is 19.5 Å². The van der Waals surface area contributed by atoms with Crippen LogP contribution in [0.5, 0.6) is 0 Å². The molecule has 1 aromatic carbocycles. The van der Waals surface area contributed by atoms with Crippen LogP contribution < -0.4 is 0 Å². The molecule has 2 rings (SSSR count). The smallest absolute Gasteiger partial charge is 0.335 e. The number of piperidine rings is 1.